The maximum atomic E-state index is 12.5. The number of rotatable bonds is 5. The van der Waals surface area contributed by atoms with E-state index in [0.29, 0.717) is 19.6 Å². The molecule has 0 radical (unpaired) electrons. The van der Waals surface area contributed by atoms with E-state index < -0.39 is 6.43 Å². The first-order valence-electron chi connectivity index (χ1n) is 8.44. The van der Waals surface area contributed by atoms with Gasteiger partial charge in [-0.3, -0.25) is 9.59 Å². The van der Waals surface area contributed by atoms with Gasteiger partial charge in [-0.1, -0.05) is 25.1 Å². The Morgan fingerprint density at radius 3 is 2.62 bits per heavy atom. The molecule has 2 saturated heterocycles. The van der Waals surface area contributed by atoms with Crippen molar-refractivity contribution < 1.29 is 18.4 Å². The zero-order chi connectivity index (χ0) is 17.3. The number of hydrogen-bond donors (Lipinski definition) is 0. The maximum absolute atomic E-state index is 12.5. The molecule has 6 heteroatoms. The lowest BCUT2D eigenvalue weighted by atomic mass is 9.94. The third-order valence-corrected chi connectivity index (χ3v) is 4.92. The summed E-state index contributed by atoms with van der Waals surface area (Å²) >= 11 is 0. The Balaban J connectivity index is 1.62. The molecule has 24 heavy (non-hydrogen) atoms. The van der Waals surface area contributed by atoms with E-state index in [2.05, 4.69) is 0 Å². The van der Waals surface area contributed by atoms with Crippen molar-refractivity contribution in [1.29, 1.82) is 0 Å². The Morgan fingerprint density at radius 2 is 1.96 bits per heavy atom. The second kappa shape index (κ2) is 6.87. The van der Waals surface area contributed by atoms with Gasteiger partial charge in [-0.05, 0) is 24.0 Å². The Labute approximate surface area is 140 Å². The molecule has 0 aromatic heterocycles. The van der Waals surface area contributed by atoms with Crippen LogP contribution in [0.15, 0.2) is 24.3 Å². The second-order valence-electron chi connectivity index (χ2n) is 6.62. The minimum absolute atomic E-state index is 0.0427. The molecule has 0 saturated carbocycles. The third-order valence-electron chi connectivity index (χ3n) is 4.92. The van der Waals surface area contributed by atoms with Crippen LogP contribution in [0.4, 0.5) is 14.5 Å². The number of anilines is 1. The quantitative estimate of drug-likeness (QED) is 0.829. The van der Waals surface area contributed by atoms with Crippen molar-refractivity contribution in [3.63, 3.8) is 0 Å². The molecule has 3 rings (SSSR count). The van der Waals surface area contributed by atoms with Crippen molar-refractivity contribution in [2.24, 2.45) is 11.8 Å². The Kier molecular flexibility index (Phi) is 4.83. The van der Waals surface area contributed by atoms with Crippen molar-refractivity contribution >= 4 is 17.5 Å². The topological polar surface area (TPSA) is 40.6 Å². The molecule has 2 fully saturated rings. The van der Waals surface area contributed by atoms with Crippen LogP contribution in [-0.4, -0.2) is 42.8 Å². The molecule has 2 aliphatic heterocycles. The second-order valence-corrected chi connectivity index (χ2v) is 6.62. The molecule has 0 bridgehead atoms. The van der Waals surface area contributed by atoms with E-state index in [4.69, 9.17) is 0 Å². The fourth-order valence-electron chi connectivity index (χ4n) is 3.59. The SMILES string of the molecule is CCc1ccccc1N1CC(C(=O)N2CC(CC(F)F)C2)CC1=O. The van der Waals surface area contributed by atoms with Crippen molar-refractivity contribution in [2.45, 2.75) is 32.6 Å². The fraction of sp³-hybridized carbons (Fsp3) is 0.556. The summed E-state index contributed by atoms with van der Waals surface area (Å²) in [5, 5.41) is 0. The first-order chi connectivity index (χ1) is 11.5. The number of aryl methyl sites for hydroxylation is 1. The molecular formula is C18H22F2N2O2. The summed E-state index contributed by atoms with van der Waals surface area (Å²) in [6.07, 6.45) is -1.45. The van der Waals surface area contributed by atoms with Crippen LogP contribution in [0, 0.1) is 11.8 Å². The van der Waals surface area contributed by atoms with Crippen LogP contribution >= 0.6 is 0 Å². The number of likely N-dealkylation sites (tertiary alicyclic amines) is 1. The Hall–Kier alpha value is -1.98. The number of carbonyl (C=O) groups excluding carboxylic acids is 2. The van der Waals surface area contributed by atoms with E-state index in [1.807, 2.05) is 31.2 Å². The Morgan fingerprint density at radius 1 is 1.25 bits per heavy atom. The summed E-state index contributed by atoms with van der Waals surface area (Å²) in [6.45, 7) is 3.19. The summed E-state index contributed by atoms with van der Waals surface area (Å²) in [6, 6.07) is 7.73. The highest BCUT2D eigenvalue weighted by Gasteiger charge is 2.41. The third kappa shape index (κ3) is 3.28. The maximum Gasteiger partial charge on any atom is 0.239 e. The molecule has 2 heterocycles. The predicted octanol–water partition coefficient (Wildman–Crippen LogP) is 2.72. The zero-order valence-electron chi connectivity index (χ0n) is 13.8. The van der Waals surface area contributed by atoms with E-state index >= 15 is 0 Å². The lowest BCUT2D eigenvalue weighted by Gasteiger charge is -2.40. The molecule has 1 atom stereocenters. The first kappa shape index (κ1) is 16.9. The monoisotopic (exact) mass is 336 g/mol. The van der Waals surface area contributed by atoms with Crippen LogP contribution in [0.2, 0.25) is 0 Å². The minimum Gasteiger partial charge on any atom is -0.342 e. The fourth-order valence-corrected chi connectivity index (χ4v) is 3.59. The highest BCUT2D eigenvalue weighted by Crippen LogP contribution is 2.31. The van der Waals surface area contributed by atoms with Crippen LogP contribution in [0.5, 0.6) is 0 Å². The van der Waals surface area contributed by atoms with Gasteiger partial charge in [0.05, 0.1) is 5.92 Å². The molecule has 0 spiro atoms. The van der Waals surface area contributed by atoms with Crippen molar-refractivity contribution in [1.82, 2.24) is 4.90 Å². The first-order valence-corrected chi connectivity index (χ1v) is 8.44. The van der Waals surface area contributed by atoms with Crippen LogP contribution < -0.4 is 4.90 Å². The molecule has 2 amide bonds. The van der Waals surface area contributed by atoms with Gasteiger partial charge in [-0.2, -0.15) is 0 Å². The summed E-state index contributed by atoms with van der Waals surface area (Å²) in [5.74, 6) is -0.595. The largest absolute Gasteiger partial charge is 0.342 e. The number of para-hydroxylation sites is 1. The van der Waals surface area contributed by atoms with Gasteiger partial charge in [-0.25, -0.2) is 8.78 Å². The zero-order valence-corrected chi connectivity index (χ0v) is 13.8. The standard InChI is InChI=1S/C18H22F2N2O2/c1-2-13-5-3-4-6-15(13)22-11-14(8-17(22)23)18(24)21-9-12(10-21)7-16(19)20/h3-6,12,14,16H,2,7-11H2,1H3. The summed E-state index contributed by atoms with van der Waals surface area (Å²) in [5.41, 5.74) is 1.96. The molecule has 0 N–H and O–H groups in total. The molecule has 1 aromatic carbocycles. The number of carbonyl (C=O) groups is 2. The lowest BCUT2D eigenvalue weighted by molar-refractivity contribution is -0.143. The lowest BCUT2D eigenvalue weighted by Crippen LogP contribution is -2.52. The van der Waals surface area contributed by atoms with Crippen LogP contribution in [-0.2, 0) is 16.0 Å². The molecule has 1 aromatic rings. The van der Waals surface area contributed by atoms with Gasteiger partial charge in [-0.15, -0.1) is 0 Å². The summed E-state index contributed by atoms with van der Waals surface area (Å²) in [7, 11) is 0. The molecule has 1 unspecified atom stereocenters. The number of alkyl halides is 2. The van der Waals surface area contributed by atoms with Gasteiger partial charge in [0.25, 0.3) is 0 Å². The minimum atomic E-state index is -2.32. The molecule has 130 valence electrons. The van der Waals surface area contributed by atoms with Gasteiger partial charge < -0.3 is 9.80 Å². The van der Waals surface area contributed by atoms with Crippen LogP contribution in [0.3, 0.4) is 0 Å². The van der Waals surface area contributed by atoms with E-state index in [-0.39, 0.29) is 36.5 Å². The Bertz CT molecular complexity index is 629. The van der Waals surface area contributed by atoms with E-state index in [0.717, 1.165) is 17.7 Å². The van der Waals surface area contributed by atoms with Crippen molar-refractivity contribution in [2.75, 3.05) is 24.5 Å². The van der Waals surface area contributed by atoms with Crippen molar-refractivity contribution in [3.05, 3.63) is 29.8 Å². The van der Waals surface area contributed by atoms with Gasteiger partial charge in [0, 0.05) is 38.2 Å². The van der Waals surface area contributed by atoms with Crippen molar-refractivity contribution in [3.8, 4) is 0 Å². The smallest absolute Gasteiger partial charge is 0.239 e. The van der Waals surface area contributed by atoms with E-state index in [9.17, 15) is 18.4 Å². The van der Waals surface area contributed by atoms with Gasteiger partial charge >= 0.3 is 0 Å². The van der Waals surface area contributed by atoms with E-state index in [1.54, 1.807) is 9.80 Å². The van der Waals surface area contributed by atoms with Gasteiger partial charge in [0.15, 0.2) is 0 Å². The number of nitrogens with zero attached hydrogens (tertiary/aromatic N) is 2. The molecule has 0 aliphatic carbocycles. The number of halogens is 2. The molecule has 2 aliphatic rings. The average molecular weight is 336 g/mol. The van der Waals surface area contributed by atoms with Gasteiger partial charge in [0.2, 0.25) is 18.2 Å². The van der Waals surface area contributed by atoms with Crippen LogP contribution in [0.25, 0.3) is 0 Å². The highest BCUT2D eigenvalue weighted by molar-refractivity contribution is 6.00. The van der Waals surface area contributed by atoms with E-state index in [1.165, 1.54) is 0 Å². The van der Waals surface area contributed by atoms with Gasteiger partial charge in [0.1, 0.15) is 0 Å². The molecule has 4 nitrogen and oxygen atoms in total. The number of hydrogen-bond acceptors (Lipinski definition) is 2. The normalized spacial score (nSPS) is 21.5. The molecular weight excluding hydrogens is 314 g/mol. The average Bonchev–Trinajstić information content (AvgIpc) is 2.91. The number of benzene rings is 1. The summed E-state index contributed by atoms with van der Waals surface area (Å²) < 4.78 is 24.7. The van der Waals surface area contributed by atoms with Crippen LogP contribution in [0.1, 0.15) is 25.3 Å². The summed E-state index contributed by atoms with van der Waals surface area (Å²) in [4.78, 5) is 28.2. The number of amides is 2. The highest BCUT2D eigenvalue weighted by atomic mass is 19.3. The predicted molar refractivity (Wildman–Crippen MR) is 87.0 cm³/mol.